The summed E-state index contributed by atoms with van der Waals surface area (Å²) in [4.78, 5) is 4.26. The zero-order chi connectivity index (χ0) is 13.4. The quantitative estimate of drug-likeness (QED) is 0.745. The van der Waals surface area contributed by atoms with Gasteiger partial charge in [-0.05, 0) is 25.8 Å². The predicted molar refractivity (Wildman–Crippen MR) is 77.1 cm³/mol. The van der Waals surface area contributed by atoms with E-state index in [-0.39, 0.29) is 0 Å². The zero-order valence-electron chi connectivity index (χ0n) is 11.9. The summed E-state index contributed by atoms with van der Waals surface area (Å²) < 4.78 is 5.51. The molecule has 0 aromatic carbocycles. The molecule has 102 valence electrons. The maximum absolute atomic E-state index is 5.51. The van der Waals surface area contributed by atoms with Gasteiger partial charge in [0.2, 0.25) is 0 Å². The molecule has 1 unspecified atom stereocenters. The summed E-state index contributed by atoms with van der Waals surface area (Å²) in [5.41, 5.74) is 1.08. The Labute approximate surface area is 110 Å². The van der Waals surface area contributed by atoms with Gasteiger partial charge in [-0.2, -0.15) is 0 Å². The van der Waals surface area contributed by atoms with Crippen LogP contribution in [-0.2, 0) is 4.74 Å². The highest BCUT2D eigenvalue weighted by molar-refractivity contribution is 5.52. The van der Waals surface area contributed by atoms with E-state index in [1.54, 1.807) is 0 Å². The van der Waals surface area contributed by atoms with Crippen LogP contribution >= 0.6 is 0 Å². The minimum atomic E-state index is 0.321. The number of ether oxygens (including phenoxy) is 1. The Morgan fingerprint density at radius 3 is 2.72 bits per heavy atom. The van der Waals surface area contributed by atoms with Gasteiger partial charge in [-0.25, -0.2) is 4.98 Å². The molecule has 0 amide bonds. The van der Waals surface area contributed by atoms with E-state index in [0.717, 1.165) is 31.3 Å². The van der Waals surface area contributed by atoms with Crippen molar-refractivity contribution in [2.45, 2.75) is 33.7 Å². The molecule has 0 saturated carbocycles. The minimum Gasteiger partial charge on any atom is -0.380 e. The third kappa shape index (κ3) is 4.92. The average Bonchev–Trinajstić information content (AvgIpc) is 2.35. The number of aromatic nitrogens is 1. The molecule has 1 aromatic heterocycles. The number of hydrogen-bond donors (Lipinski definition) is 2. The Morgan fingerprint density at radius 1 is 1.33 bits per heavy atom. The highest BCUT2D eigenvalue weighted by Crippen LogP contribution is 2.16. The first kappa shape index (κ1) is 14.8. The maximum atomic E-state index is 5.51. The Balaban J connectivity index is 2.64. The van der Waals surface area contributed by atoms with Crippen molar-refractivity contribution >= 4 is 11.5 Å². The molecule has 1 heterocycles. The second-order valence-electron chi connectivity index (χ2n) is 4.61. The topological polar surface area (TPSA) is 46.2 Å². The van der Waals surface area contributed by atoms with Gasteiger partial charge < -0.3 is 15.4 Å². The van der Waals surface area contributed by atoms with Crippen molar-refractivity contribution in [2.24, 2.45) is 5.92 Å². The Bertz CT molecular complexity index is 342. The lowest BCUT2D eigenvalue weighted by Gasteiger charge is -2.23. The van der Waals surface area contributed by atoms with E-state index >= 15 is 0 Å². The van der Waals surface area contributed by atoms with Crippen LogP contribution in [0.2, 0.25) is 0 Å². The van der Waals surface area contributed by atoms with E-state index in [0.29, 0.717) is 12.0 Å². The number of nitrogens with one attached hydrogen (secondary N) is 2. The summed E-state index contributed by atoms with van der Waals surface area (Å²) in [7, 11) is 0. The number of pyridine rings is 1. The first-order chi connectivity index (χ1) is 8.67. The summed E-state index contributed by atoms with van der Waals surface area (Å²) in [6.45, 7) is 10.8. The van der Waals surface area contributed by atoms with Crippen molar-refractivity contribution in [1.82, 2.24) is 4.98 Å². The molecule has 4 heteroatoms. The molecule has 4 nitrogen and oxygen atoms in total. The summed E-state index contributed by atoms with van der Waals surface area (Å²) in [6.07, 6.45) is 1.82. The van der Waals surface area contributed by atoms with Gasteiger partial charge in [-0.1, -0.05) is 13.8 Å². The lowest BCUT2D eigenvalue weighted by Crippen LogP contribution is -2.31. The fourth-order valence-corrected chi connectivity index (χ4v) is 1.66. The fourth-order valence-electron chi connectivity index (χ4n) is 1.66. The Hall–Kier alpha value is -1.29. The van der Waals surface area contributed by atoms with Crippen LogP contribution < -0.4 is 10.6 Å². The van der Waals surface area contributed by atoms with Crippen molar-refractivity contribution in [3.8, 4) is 0 Å². The maximum Gasteiger partial charge on any atom is 0.127 e. The van der Waals surface area contributed by atoms with E-state index in [2.05, 4.69) is 36.4 Å². The molecule has 0 spiro atoms. The SMILES string of the molecule is CCNc1cc(NC(COCC)C(C)C)ccn1. The van der Waals surface area contributed by atoms with E-state index in [1.807, 2.05) is 25.3 Å². The minimum absolute atomic E-state index is 0.321. The van der Waals surface area contributed by atoms with Crippen LogP contribution in [0.15, 0.2) is 18.3 Å². The molecule has 1 aromatic rings. The Kier molecular flexibility index (Phi) is 6.50. The van der Waals surface area contributed by atoms with Crippen LogP contribution in [0.5, 0.6) is 0 Å². The van der Waals surface area contributed by atoms with Crippen molar-refractivity contribution in [3.05, 3.63) is 18.3 Å². The van der Waals surface area contributed by atoms with Crippen LogP contribution in [0.25, 0.3) is 0 Å². The van der Waals surface area contributed by atoms with E-state index in [1.165, 1.54) is 0 Å². The standard InChI is InChI=1S/C14H25N3O/c1-5-15-14-9-12(7-8-16-14)17-13(11(3)4)10-18-6-2/h7-9,11,13H,5-6,10H2,1-4H3,(H2,15,16,17). The molecule has 0 aliphatic rings. The second kappa shape index (κ2) is 7.93. The molecule has 0 fully saturated rings. The summed E-state index contributed by atoms with van der Waals surface area (Å²) >= 11 is 0. The monoisotopic (exact) mass is 251 g/mol. The third-order valence-electron chi connectivity index (χ3n) is 2.78. The first-order valence-corrected chi connectivity index (χ1v) is 6.71. The van der Waals surface area contributed by atoms with Crippen LogP contribution in [0, 0.1) is 5.92 Å². The fraction of sp³-hybridized carbons (Fsp3) is 0.643. The number of hydrogen-bond acceptors (Lipinski definition) is 4. The van der Waals surface area contributed by atoms with Gasteiger partial charge in [-0.15, -0.1) is 0 Å². The normalized spacial score (nSPS) is 12.5. The van der Waals surface area contributed by atoms with Gasteiger partial charge in [0.05, 0.1) is 12.6 Å². The molecule has 2 N–H and O–H groups in total. The van der Waals surface area contributed by atoms with Crippen molar-refractivity contribution < 1.29 is 4.74 Å². The predicted octanol–water partition coefficient (Wildman–Crippen LogP) is 2.99. The smallest absolute Gasteiger partial charge is 0.127 e. The molecule has 1 rings (SSSR count). The van der Waals surface area contributed by atoms with Crippen molar-refractivity contribution in [2.75, 3.05) is 30.4 Å². The van der Waals surface area contributed by atoms with Crippen LogP contribution in [0.4, 0.5) is 11.5 Å². The van der Waals surface area contributed by atoms with E-state index < -0.39 is 0 Å². The highest BCUT2D eigenvalue weighted by Gasteiger charge is 2.13. The zero-order valence-corrected chi connectivity index (χ0v) is 11.9. The van der Waals surface area contributed by atoms with Crippen LogP contribution in [-0.4, -0.2) is 30.8 Å². The largest absolute Gasteiger partial charge is 0.380 e. The summed E-state index contributed by atoms with van der Waals surface area (Å²) in [5.74, 6) is 1.42. The molecule has 18 heavy (non-hydrogen) atoms. The van der Waals surface area contributed by atoms with E-state index in [9.17, 15) is 0 Å². The highest BCUT2D eigenvalue weighted by atomic mass is 16.5. The van der Waals surface area contributed by atoms with Gasteiger partial charge >= 0.3 is 0 Å². The van der Waals surface area contributed by atoms with Gasteiger partial charge in [0.1, 0.15) is 5.82 Å². The first-order valence-electron chi connectivity index (χ1n) is 6.71. The van der Waals surface area contributed by atoms with Crippen LogP contribution in [0.3, 0.4) is 0 Å². The molecule has 1 atom stereocenters. The van der Waals surface area contributed by atoms with Gasteiger partial charge in [-0.3, -0.25) is 0 Å². The number of anilines is 2. The summed E-state index contributed by atoms with van der Waals surface area (Å²) in [5, 5.41) is 6.72. The molecule has 0 aliphatic carbocycles. The van der Waals surface area contributed by atoms with E-state index in [4.69, 9.17) is 4.74 Å². The molecular formula is C14H25N3O. The third-order valence-corrected chi connectivity index (χ3v) is 2.78. The van der Waals surface area contributed by atoms with Crippen molar-refractivity contribution in [1.29, 1.82) is 0 Å². The van der Waals surface area contributed by atoms with Crippen molar-refractivity contribution in [3.63, 3.8) is 0 Å². The average molecular weight is 251 g/mol. The molecule has 0 aliphatic heterocycles. The molecular weight excluding hydrogens is 226 g/mol. The Morgan fingerprint density at radius 2 is 2.11 bits per heavy atom. The second-order valence-corrected chi connectivity index (χ2v) is 4.61. The van der Waals surface area contributed by atoms with Gasteiger partial charge in [0.15, 0.2) is 0 Å². The number of rotatable bonds is 8. The number of nitrogens with zero attached hydrogens (tertiary/aromatic N) is 1. The van der Waals surface area contributed by atoms with Crippen LogP contribution in [0.1, 0.15) is 27.7 Å². The molecule has 0 bridgehead atoms. The van der Waals surface area contributed by atoms with Gasteiger partial charge in [0.25, 0.3) is 0 Å². The molecule has 0 radical (unpaired) electrons. The molecule has 0 saturated heterocycles. The van der Waals surface area contributed by atoms with Gasteiger partial charge in [0, 0.05) is 31.1 Å². The summed E-state index contributed by atoms with van der Waals surface area (Å²) in [6, 6.07) is 4.34. The lowest BCUT2D eigenvalue weighted by molar-refractivity contribution is 0.127. The lowest BCUT2D eigenvalue weighted by atomic mass is 10.1.